The van der Waals surface area contributed by atoms with Crippen LogP contribution < -0.4 is 5.32 Å². The van der Waals surface area contributed by atoms with Crippen LogP contribution in [0.4, 0.5) is 0 Å². The van der Waals surface area contributed by atoms with Crippen molar-refractivity contribution in [1.29, 1.82) is 5.26 Å². The molecule has 34 heavy (non-hydrogen) atoms. The molecule has 4 rings (SSSR count). The van der Waals surface area contributed by atoms with Crippen molar-refractivity contribution in [3.63, 3.8) is 0 Å². The lowest BCUT2D eigenvalue weighted by Gasteiger charge is -2.12. The lowest BCUT2D eigenvalue weighted by molar-refractivity contribution is 0.102. The summed E-state index contributed by atoms with van der Waals surface area (Å²) in [5.41, 5.74) is 8.12. The quantitative estimate of drug-likeness (QED) is 0.245. The smallest absolute Gasteiger partial charge is 0.101 e. The van der Waals surface area contributed by atoms with Crippen LogP contribution in [-0.2, 0) is 24.3 Å². The molecule has 0 atom stereocenters. The Hall–Kier alpha value is -3.43. The van der Waals surface area contributed by atoms with Gasteiger partial charge < -0.3 is 4.74 Å². The van der Waals surface area contributed by atoms with Crippen molar-refractivity contribution in [2.75, 3.05) is 6.73 Å². The fraction of sp³-hybridized carbons (Fsp3) is 0.214. The highest BCUT2D eigenvalue weighted by molar-refractivity contribution is 6.31. The zero-order valence-corrected chi connectivity index (χ0v) is 20.1. The van der Waals surface area contributed by atoms with Crippen molar-refractivity contribution < 1.29 is 4.74 Å². The van der Waals surface area contributed by atoms with Gasteiger partial charge in [-0.2, -0.15) is 10.4 Å². The molecule has 0 saturated heterocycles. The van der Waals surface area contributed by atoms with Gasteiger partial charge in [-0.25, -0.2) is 4.68 Å². The Morgan fingerprint density at radius 3 is 2.47 bits per heavy atom. The Labute approximate surface area is 205 Å². The van der Waals surface area contributed by atoms with E-state index in [2.05, 4.69) is 48.6 Å². The van der Waals surface area contributed by atoms with Crippen LogP contribution in [0.1, 0.15) is 39.2 Å². The van der Waals surface area contributed by atoms with Gasteiger partial charge in [-0.3, -0.25) is 5.32 Å². The first-order chi connectivity index (χ1) is 16.6. The first kappa shape index (κ1) is 23.7. The maximum absolute atomic E-state index is 9.15. The SMILES string of the molecule is Cc1nn(-c2ccc(C#N)c(Cl)c2)c(C)c1Cc1ccccc1COCNCc1ccccc1. The van der Waals surface area contributed by atoms with E-state index < -0.39 is 0 Å². The second kappa shape index (κ2) is 11.1. The number of hydrogen-bond donors (Lipinski definition) is 1. The van der Waals surface area contributed by atoms with Crippen LogP contribution in [0.15, 0.2) is 72.8 Å². The molecule has 0 aliphatic heterocycles. The molecule has 6 heteroatoms. The van der Waals surface area contributed by atoms with E-state index in [1.807, 2.05) is 41.9 Å². The van der Waals surface area contributed by atoms with E-state index >= 15 is 0 Å². The number of rotatable bonds is 9. The highest BCUT2D eigenvalue weighted by Gasteiger charge is 2.15. The number of ether oxygens (including phenoxy) is 1. The summed E-state index contributed by atoms with van der Waals surface area (Å²) in [5, 5.41) is 17.7. The topological polar surface area (TPSA) is 62.9 Å². The second-order valence-corrected chi connectivity index (χ2v) is 8.59. The van der Waals surface area contributed by atoms with Crippen molar-refractivity contribution in [1.82, 2.24) is 15.1 Å². The third kappa shape index (κ3) is 5.55. The van der Waals surface area contributed by atoms with Crippen molar-refractivity contribution in [2.45, 2.75) is 33.4 Å². The van der Waals surface area contributed by atoms with E-state index in [0.29, 0.717) is 23.9 Å². The molecule has 5 nitrogen and oxygen atoms in total. The summed E-state index contributed by atoms with van der Waals surface area (Å²) in [7, 11) is 0. The van der Waals surface area contributed by atoms with Crippen LogP contribution in [0.2, 0.25) is 5.02 Å². The van der Waals surface area contributed by atoms with Crippen LogP contribution in [-0.4, -0.2) is 16.5 Å². The molecule has 0 saturated carbocycles. The molecule has 3 aromatic carbocycles. The fourth-order valence-corrected chi connectivity index (χ4v) is 4.21. The van der Waals surface area contributed by atoms with Gasteiger partial charge in [0, 0.05) is 24.2 Å². The first-order valence-electron chi connectivity index (χ1n) is 11.2. The molecule has 4 aromatic rings. The van der Waals surface area contributed by atoms with E-state index in [4.69, 9.17) is 26.7 Å². The van der Waals surface area contributed by atoms with Crippen LogP contribution >= 0.6 is 11.6 Å². The molecule has 1 heterocycles. The Balaban J connectivity index is 1.44. The highest BCUT2D eigenvalue weighted by atomic mass is 35.5. The number of nitrogens with one attached hydrogen (secondary N) is 1. The van der Waals surface area contributed by atoms with Crippen LogP contribution in [0.3, 0.4) is 0 Å². The van der Waals surface area contributed by atoms with Crippen molar-refractivity contribution >= 4 is 11.6 Å². The molecule has 0 spiro atoms. The molecule has 1 aromatic heterocycles. The van der Waals surface area contributed by atoms with Crippen LogP contribution in [0.5, 0.6) is 0 Å². The number of halogens is 1. The third-order valence-electron chi connectivity index (χ3n) is 5.88. The molecule has 1 N–H and O–H groups in total. The molecular formula is C28H27ClN4O. The zero-order chi connectivity index (χ0) is 23.9. The normalized spacial score (nSPS) is 10.9. The monoisotopic (exact) mass is 470 g/mol. The number of hydrogen-bond acceptors (Lipinski definition) is 4. The van der Waals surface area contributed by atoms with Gasteiger partial charge in [0.25, 0.3) is 0 Å². The average molecular weight is 471 g/mol. The summed E-state index contributed by atoms with van der Waals surface area (Å²) in [6, 6.07) is 26.1. The highest BCUT2D eigenvalue weighted by Crippen LogP contribution is 2.25. The zero-order valence-electron chi connectivity index (χ0n) is 19.4. The van der Waals surface area contributed by atoms with Gasteiger partial charge >= 0.3 is 0 Å². The number of aryl methyl sites for hydroxylation is 1. The molecule has 0 amide bonds. The van der Waals surface area contributed by atoms with Gasteiger partial charge in [-0.05, 0) is 48.7 Å². The van der Waals surface area contributed by atoms with Crippen molar-refractivity contribution in [3.8, 4) is 11.8 Å². The van der Waals surface area contributed by atoms with Gasteiger partial charge in [0.05, 0.1) is 35.3 Å². The Morgan fingerprint density at radius 1 is 1.00 bits per heavy atom. The summed E-state index contributed by atoms with van der Waals surface area (Å²) in [6.07, 6.45) is 0.763. The lowest BCUT2D eigenvalue weighted by atomic mass is 9.99. The van der Waals surface area contributed by atoms with E-state index in [0.717, 1.165) is 35.6 Å². The minimum Gasteiger partial charge on any atom is -0.362 e. The van der Waals surface area contributed by atoms with Gasteiger partial charge in [-0.1, -0.05) is 66.2 Å². The maximum atomic E-state index is 9.15. The maximum Gasteiger partial charge on any atom is 0.101 e. The van der Waals surface area contributed by atoms with Crippen molar-refractivity contribution in [3.05, 3.63) is 117 Å². The first-order valence-corrected chi connectivity index (χ1v) is 11.6. The number of aromatic nitrogens is 2. The second-order valence-electron chi connectivity index (χ2n) is 8.19. The predicted molar refractivity (Wildman–Crippen MR) is 135 cm³/mol. The molecule has 0 bridgehead atoms. The van der Waals surface area contributed by atoms with E-state index in [9.17, 15) is 0 Å². The standard InChI is InChI=1S/C28H27ClN4O/c1-20-27(21(2)33(32-20)26-13-12-24(16-30)28(29)15-26)14-23-10-6-7-11-25(23)18-34-19-31-17-22-8-4-3-5-9-22/h3-13,15,31H,14,17-19H2,1-2H3. The van der Waals surface area contributed by atoms with Crippen LogP contribution in [0, 0.1) is 25.2 Å². The summed E-state index contributed by atoms with van der Waals surface area (Å²) >= 11 is 6.25. The molecular weight excluding hydrogens is 444 g/mol. The molecule has 0 radical (unpaired) electrons. The average Bonchev–Trinajstić information content (AvgIpc) is 3.13. The summed E-state index contributed by atoms with van der Waals surface area (Å²) < 4.78 is 7.81. The number of nitriles is 1. The van der Waals surface area contributed by atoms with E-state index in [1.165, 1.54) is 16.7 Å². The Bertz CT molecular complexity index is 1310. The predicted octanol–water partition coefficient (Wildman–Crippen LogP) is 5.87. The van der Waals surface area contributed by atoms with Gasteiger partial charge in [0.1, 0.15) is 6.07 Å². The van der Waals surface area contributed by atoms with Gasteiger partial charge in [0.15, 0.2) is 0 Å². The minimum absolute atomic E-state index is 0.428. The summed E-state index contributed by atoms with van der Waals surface area (Å²) in [4.78, 5) is 0. The molecule has 172 valence electrons. The minimum atomic E-state index is 0.428. The number of benzene rings is 3. The summed E-state index contributed by atoms with van der Waals surface area (Å²) in [5.74, 6) is 0. The van der Waals surface area contributed by atoms with E-state index in [1.54, 1.807) is 12.1 Å². The molecule has 0 fully saturated rings. The van der Waals surface area contributed by atoms with E-state index in [-0.39, 0.29) is 0 Å². The fourth-order valence-electron chi connectivity index (χ4n) is 3.99. The summed E-state index contributed by atoms with van der Waals surface area (Å²) in [6.45, 7) is 5.89. The van der Waals surface area contributed by atoms with Crippen molar-refractivity contribution in [2.24, 2.45) is 0 Å². The van der Waals surface area contributed by atoms with Gasteiger partial charge in [0.2, 0.25) is 0 Å². The Kier molecular flexibility index (Phi) is 7.76. The number of nitrogens with zero attached hydrogens (tertiary/aromatic N) is 3. The van der Waals surface area contributed by atoms with Crippen LogP contribution in [0.25, 0.3) is 5.69 Å². The third-order valence-corrected chi connectivity index (χ3v) is 6.19. The molecule has 0 aliphatic carbocycles. The Morgan fingerprint density at radius 2 is 1.74 bits per heavy atom. The largest absolute Gasteiger partial charge is 0.362 e. The lowest BCUT2D eigenvalue weighted by Crippen LogP contribution is -2.17. The molecule has 0 aliphatic rings. The molecule has 0 unspecified atom stereocenters. The van der Waals surface area contributed by atoms with Gasteiger partial charge in [-0.15, -0.1) is 0 Å².